The largest absolute Gasteiger partial charge is 0.391 e. The number of aliphatic hydroxyl groups excluding tert-OH is 1. The normalized spacial score (nSPS) is 18.0. The van der Waals surface area contributed by atoms with Crippen LogP contribution in [0.1, 0.15) is 44.2 Å². The van der Waals surface area contributed by atoms with Crippen molar-refractivity contribution < 1.29 is 19.6 Å². The van der Waals surface area contributed by atoms with Crippen LogP contribution in [-0.2, 0) is 22.6 Å². The average Bonchev–Trinajstić information content (AvgIpc) is 2.96. The van der Waals surface area contributed by atoms with E-state index < -0.39 is 28.3 Å². The second-order valence-electron chi connectivity index (χ2n) is 10.3. The first kappa shape index (κ1) is 30.7. The first-order valence-electron chi connectivity index (χ1n) is 13.9. The van der Waals surface area contributed by atoms with Crippen LogP contribution in [0.3, 0.4) is 0 Å². The van der Waals surface area contributed by atoms with E-state index >= 15 is 0 Å². The minimum absolute atomic E-state index is 0.00833. The van der Waals surface area contributed by atoms with Crippen molar-refractivity contribution in [1.82, 2.24) is 10.2 Å². The Kier molecular flexibility index (Phi) is 11.2. The third-order valence-electron chi connectivity index (χ3n) is 7.41. The van der Waals surface area contributed by atoms with Gasteiger partial charge in [-0.3, -0.25) is 19.7 Å². The Morgan fingerprint density at radius 1 is 1.10 bits per heavy atom. The van der Waals surface area contributed by atoms with Gasteiger partial charge in [0.1, 0.15) is 0 Å². The molecular formula is C31H40N4O5. The van der Waals surface area contributed by atoms with Crippen LogP contribution in [0.2, 0.25) is 0 Å². The predicted octanol–water partition coefficient (Wildman–Crippen LogP) is 3.91. The monoisotopic (exact) mass is 548 g/mol. The summed E-state index contributed by atoms with van der Waals surface area (Å²) in [5, 5.41) is 25.8. The lowest BCUT2D eigenvalue weighted by Crippen LogP contribution is -2.51. The fraction of sp³-hybridized carbons (Fsp3) is 0.419. The van der Waals surface area contributed by atoms with Crippen molar-refractivity contribution in [3.8, 4) is 0 Å². The molecule has 40 heavy (non-hydrogen) atoms. The molecule has 0 spiro atoms. The van der Waals surface area contributed by atoms with Gasteiger partial charge < -0.3 is 21.1 Å². The Morgan fingerprint density at radius 3 is 2.40 bits per heavy atom. The minimum Gasteiger partial charge on any atom is -0.391 e. The number of rotatable bonds is 15. The lowest BCUT2D eigenvalue weighted by molar-refractivity contribution is -0.384. The molecule has 0 bridgehead atoms. The maximum absolute atomic E-state index is 13.5. The van der Waals surface area contributed by atoms with Gasteiger partial charge in [-0.05, 0) is 36.8 Å². The standard InChI is InChI=1S/C31H40N4O5/c1-3-16-34(17-4-2)29(37)25-13-9-15-31(20-25,30(32)38)27(19-23-10-6-5-7-11-23)28(36)22-33-21-24-12-8-14-26(18-24)35(39)40/h5-15,18,27-28,33,36H,3-4,16-17,19-22H2,1-2H3,(H2,32,38)/t27-,28?,31?/m1/s1. The van der Waals surface area contributed by atoms with E-state index in [9.17, 15) is 24.8 Å². The predicted molar refractivity (Wildman–Crippen MR) is 155 cm³/mol. The van der Waals surface area contributed by atoms with Crippen LogP contribution in [0.25, 0.3) is 0 Å². The van der Waals surface area contributed by atoms with Gasteiger partial charge in [0.05, 0.1) is 16.4 Å². The molecule has 2 unspecified atom stereocenters. The zero-order chi connectivity index (χ0) is 29.1. The van der Waals surface area contributed by atoms with Gasteiger partial charge in [-0.2, -0.15) is 0 Å². The van der Waals surface area contributed by atoms with E-state index in [2.05, 4.69) is 5.32 Å². The summed E-state index contributed by atoms with van der Waals surface area (Å²) in [4.78, 5) is 39.2. The highest BCUT2D eigenvalue weighted by molar-refractivity contribution is 5.96. The van der Waals surface area contributed by atoms with Gasteiger partial charge in [-0.1, -0.05) is 74.5 Å². The Labute approximate surface area is 235 Å². The molecule has 0 saturated heterocycles. The highest BCUT2D eigenvalue weighted by Gasteiger charge is 2.47. The summed E-state index contributed by atoms with van der Waals surface area (Å²) >= 11 is 0. The maximum atomic E-state index is 13.5. The highest BCUT2D eigenvalue weighted by atomic mass is 16.6. The molecule has 9 heteroatoms. The van der Waals surface area contributed by atoms with Gasteiger partial charge in [0.25, 0.3) is 5.69 Å². The Morgan fingerprint density at radius 2 is 1.77 bits per heavy atom. The summed E-state index contributed by atoms with van der Waals surface area (Å²) in [7, 11) is 0. The van der Waals surface area contributed by atoms with Crippen LogP contribution in [0, 0.1) is 21.4 Å². The van der Waals surface area contributed by atoms with Crippen LogP contribution < -0.4 is 11.1 Å². The number of primary amides is 1. The molecule has 2 amide bonds. The number of nitrogens with zero attached hydrogens (tertiary/aromatic N) is 2. The number of nitrogens with one attached hydrogen (secondary N) is 1. The van der Waals surface area contributed by atoms with Gasteiger partial charge in [0.2, 0.25) is 11.8 Å². The summed E-state index contributed by atoms with van der Waals surface area (Å²) in [6.07, 6.45) is 6.28. The fourth-order valence-corrected chi connectivity index (χ4v) is 5.40. The summed E-state index contributed by atoms with van der Waals surface area (Å²) < 4.78 is 0. The van der Waals surface area contributed by atoms with E-state index in [1.807, 2.05) is 44.2 Å². The van der Waals surface area contributed by atoms with Gasteiger partial charge in [-0.15, -0.1) is 0 Å². The molecule has 0 heterocycles. The maximum Gasteiger partial charge on any atom is 0.269 e. The number of aliphatic hydroxyl groups is 1. The van der Waals surface area contributed by atoms with Crippen molar-refractivity contribution >= 4 is 17.5 Å². The topological polar surface area (TPSA) is 139 Å². The number of hydrogen-bond acceptors (Lipinski definition) is 6. The van der Waals surface area contributed by atoms with E-state index in [1.54, 1.807) is 35.3 Å². The summed E-state index contributed by atoms with van der Waals surface area (Å²) in [5.74, 6) is -1.35. The number of benzene rings is 2. The van der Waals surface area contributed by atoms with E-state index in [0.29, 0.717) is 37.2 Å². The van der Waals surface area contributed by atoms with Crippen LogP contribution in [0.4, 0.5) is 5.69 Å². The van der Waals surface area contributed by atoms with Crippen molar-refractivity contribution in [1.29, 1.82) is 0 Å². The van der Waals surface area contributed by atoms with Gasteiger partial charge >= 0.3 is 0 Å². The number of non-ortho nitro benzene ring substituents is 1. The molecule has 0 aliphatic heterocycles. The number of nitro benzene ring substituents is 1. The molecule has 0 aromatic heterocycles. The van der Waals surface area contributed by atoms with E-state index in [0.717, 1.165) is 18.4 Å². The minimum atomic E-state index is -1.29. The number of carbonyl (C=O) groups is 2. The molecule has 4 N–H and O–H groups in total. The molecule has 1 aliphatic rings. The van der Waals surface area contributed by atoms with Crippen LogP contribution in [-0.4, -0.2) is 52.5 Å². The molecule has 0 fully saturated rings. The second-order valence-corrected chi connectivity index (χ2v) is 10.3. The fourth-order valence-electron chi connectivity index (χ4n) is 5.40. The van der Waals surface area contributed by atoms with Crippen molar-refractivity contribution in [2.24, 2.45) is 17.1 Å². The van der Waals surface area contributed by atoms with Crippen molar-refractivity contribution in [2.75, 3.05) is 19.6 Å². The van der Waals surface area contributed by atoms with Gasteiger partial charge in [0, 0.05) is 49.8 Å². The van der Waals surface area contributed by atoms with Crippen molar-refractivity contribution in [3.05, 3.63) is 99.6 Å². The molecule has 1 aliphatic carbocycles. The van der Waals surface area contributed by atoms with E-state index in [4.69, 9.17) is 5.73 Å². The molecule has 3 rings (SSSR count). The number of amides is 2. The van der Waals surface area contributed by atoms with Crippen LogP contribution in [0.15, 0.2) is 78.4 Å². The van der Waals surface area contributed by atoms with Crippen molar-refractivity contribution in [3.63, 3.8) is 0 Å². The molecule has 214 valence electrons. The molecule has 0 saturated carbocycles. The lowest BCUT2D eigenvalue weighted by atomic mass is 9.64. The number of nitro groups is 1. The quantitative estimate of drug-likeness (QED) is 0.228. The molecule has 2 aromatic carbocycles. The number of hydrogen-bond donors (Lipinski definition) is 3. The van der Waals surface area contributed by atoms with E-state index in [-0.39, 0.29) is 24.6 Å². The lowest BCUT2D eigenvalue weighted by Gasteiger charge is -2.41. The Bertz CT molecular complexity index is 1220. The molecule has 0 radical (unpaired) electrons. The Balaban J connectivity index is 1.87. The molecule has 9 nitrogen and oxygen atoms in total. The zero-order valence-electron chi connectivity index (χ0n) is 23.3. The average molecular weight is 549 g/mol. The van der Waals surface area contributed by atoms with E-state index in [1.165, 1.54) is 12.1 Å². The summed E-state index contributed by atoms with van der Waals surface area (Å²) in [5.41, 5.74) is 6.91. The highest BCUT2D eigenvalue weighted by Crippen LogP contribution is 2.43. The smallest absolute Gasteiger partial charge is 0.269 e. The molecular weight excluding hydrogens is 508 g/mol. The third kappa shape index (κ3) is 7.64. The van der Waals surface area contributed by atoms with Crippen molar-refractivity contribution in [2.45, 2.75) is 52.2 Å². The zero-order valence-corrected chi connectivity index (χ0v) is 23.3. The third-order valence-corrected chi connectivity index (χ3v) is 7.41. The second kappa shape index (κ2) is 14.5. The number of nitrogens with two attached hydrogens (primary N) is 1. The number of allylic oxidation sites excluding steroid dienone is 2. The SMILES string of the molecule is CCCN(CCC)C(=O)C1=CC=CC(C(N)=O)([C@H](Cc2ccccc2)C(O)CNCc2cccc([N+](=O)[O-])c2)C1. The Hall–Kier alpha value is -3.82. The van der Waals surface area contributed by atoms with Crippen LogP contribution in [0.5, 0.6) is 0 Å². The summed E-state index contributed by atoms with van der Waals surface area (Å²) in [6, 6.07) is 15.9. The first-order chi connectivity index (χ1) is 19.2. The molecule has 2 aromatic rings. The first-order valence-corrected chi connectivity index (χ1v) is 13.9. The molecule has 3 atom stereocenters. The summed E-state index contributed by atoms with van der Waals surface area (Å²) in [6.45, 7) is 5.69. The van der Waals surface area contributed by atoms with Gasteiger partial charge in [0.15, 0.2) is 0 Å². The van der Waals surface area contributed by atoms with Crippen LogP contribution >= 0.6 is 0 Å². The van der Waals surface area contributed by atoms with Gasteiger partial charge in [-0.25, -0.2) is 0 Å². The number of carbonyl (C=O) groups excluding carboxylic acids is 2.